The van der Waals surface area contributed by atoms with Crippen LogP contribution in [0.3, 0.4) is 0 Å². The fraction of sp³-hybridized carbons (Fsp3) is 0.167. The Hall–Kier alpha value is -3.13. The molecule has 2 amide bonds. The summed E-state index contributed by atoms with van der Waals surface area (Å²) in [5.74, 6) is -0.661. The van der Waals surface area contributed by atoms with Crippen LogP contribution in [0.4, 0.5) is 11.4 Å². The van der Waals surface area contributed by atoms with E-state index in [1.165, 1.54) is 0 Å². The molecule has 0 fully saturated rings. The molecular formula is C18H17N3O2. The molecule has 0 aliphatic carbocycles. The van der Waals surface area contributed by atoms with Gasteiger partial charge in [0.25, 0.3) is 5.91 Å². The maximum Gasteiger partial charge on any atom is 0.255 e. The average Bonchev–Trinajstić information content (AvgIpc) is 2.46. The molecule has 2 N–H and O–H groups in total. The van der Waals surface area contributed by atoms with E-state index < -0.39 is 5.91 Å². The molecule has 0 radical (unpaired) electrons. The van der Waals surface area contributed by atoms with Crippen LogP contribution in [0.25, 0.3) is 0 Å². The van der Waals surface area contributed by atoms with Gasteiger partial charge in [-0.1, -0.05) is 12.1 Å². The normalized spacial score (nSPS) is 9.78. The van der Waals surface area contributed by atoms with E-state index >= 15 is 0 Å². The highest BCUT2D eigenvalue weighted by atomic mass is 16.2. The molecule has 23 heavy (non-hydrogen) atoms. The Balaban J connectivity index is 2.13. The molecule has 0 aliphatic heterocycles. The molecule has 2 aromatic rings. The van der Waals surface area contributed by atoms with Crippen LogP contribution in [0.1, 0.15) is 27.9 Å². The molecule has 0 saturated heterocycles. The number of hydrogen-bond acceptors (Lipinski definition) is 3. The van der Waals surface area contributed by atoms with Gasteiger partial charge in [0.1, 0.15) is 6.42 Å². The van der Waals surface area contributed by atoms with Crippen LogP contribution < -0.4 is 10.6 Å². The molecule has 0 saturated carbocycles. The third-order valence-electron chi connectivity index (χ3n) is 3.13. The topological polar surface area (TPSA) is 82.0 Å². The Kier molecular flexibility index (Phi) is 5.11. The van der Waals surface area contributed by atoms with E-state index in [1.807, 2.05) is 32.0 Å². The van der Waals surface area contributed by atoms with Crippen LogP contribution >= 0.6 is 0 Å². The number of aryl methyl sites for hydroxylation is 2. The lowest BCUT2D eigenvalue weighted by Crippen LogP contribution is -2.14. The molecule has 0 heterocycles. The van der Waals surface area contributed by atoms with E-state index in [1.54, 1.807) is 30.3 Å². The summed E-state index contributed by atoms with van der Waals surface area (Å²) in [7, 11) is 0. The molecular weight excluding hydrogens is 290 g/mol. The third kappa shape index (κ3) is 4.68. The van der Waals surface area contributed by atoms with Gasteiger partial charge < -0.3 is 10.6 Å². The summed E-state index contributed by atoms with van der Waals surface area (Å²) in [5.41, 5.74) is 3.78. The van der Waals surface area contributed by atoms with Crippen LogP contribution in [0.5, 0.6) is 0 Å². The number of nitriles is 1. The first-order valence-corrected chi connectivity index (χ1v) is 7.14. The van der Waals surface area contributed by atoms with Crippen LogP contribution in [0.15, 0.2) is 42.5 Å². The fourth-order valence-corrected chi connectivity index (χ4v) is 2.27. The number of carbonyl (C=O) groups excluding carboxylic acids is 2. The van der Waals surface area contributed by atoms with E-state index in [-0.39, 0.29) is 12.3 Å². The Morgan fingerprint density at radius 2 is 1.70 bits per heavy atom. The van der Waals surface area contributed by atoms with Crippen molar-refractivity contribution in [1.29, 1.82) is 5.26 Å². The van der Waals surface area contributed by atoms with E-state index in [0.29, 0.717) is 11.3 Å². The smallest absolute Gasteiger partial charge is 0.255 e. The maximum atomic E-state index is 12.3. The summed E-state index contributed by atoms with van der Waals surface area (Å²) in [5, 5.41) is 13.9. The zero-order valence-corrected chi connectivity index (χ0v) is 13.0. The monoisotopic (exact) mass is 307 g/mol. The van der Waals surface area contributed by atoms with Crippen molar-refractivity contribution in [3.05, 3.63) is 59.2 Å². The number of nitrogens with zero attached hydrogens (tertiary/aromatic N) is 1. The molecule has 5 heteroatoms. The lowest BCUT2D eigenvalue weighted by atomic mass is 10.1. The molecule has 0 aromatic heterocycles. The van der Waals surface area contributed by atoms with Crippen molar-refractivity contribution in [3.8, 4) is 6.07 Å². The number of nitrogens with one attached hydrogen (secondary N) is 2. The lowest BCUT2D eigenvalue weighted by molar-refractivity contribution is -0.115. The molecule has 2 aromatic carbocycles. The van der Waals surface area contributed by atoms with Gasteiger partial charge in [0, 0.05) is 16.9 Å². The molecule has 116 valence electrons. The van der Waals surface area contributed by atoms with Gasteiger partial charge in [0.15, 0.2) is 0 Å². The molecule has 0 aliphatic rings. The second-order valence-corrected chi connectivity index (χ2v) is 5.29. The quantitative estimate of drug-likeness (QED) is 0.908. The standard InChI is InChI=1S/C18H17N3O2/c1-12-8-13(2)10-16(9-12)21-18(23)14-4-3-5-15(11-14)20-17(22)6-7-19/h3-5,8-11H,6H2,1-2H3,(H,20,22)(H,21,23). The van der Waals surface area contributed by atoms with Crippen LogP contribution in [-0.2, 0) is 4.79 Å². The summed E-state index contributed by atoms with van der Waals surface area (Å²) < 4.78 is 0. The highest BCUT2D eigenvalue weighted by Gasteiger charge is 2.09. The Labute approximate surface area is 134 Å². The molecule has 0 atom stereocenters. The van der Waals surface area contributed by atoms with E-state index in [2.05, 4.69) is 10.6 Å². The minimum atomic E-state index is -0.403. The van der Waals surface area contributed by atoms with Crippen molar-refractivity contribution < 1.29 is 9.59 Å². The van der Waals surface area contributed by atoms with Gasteiger partial charge in [-0.15, -0.1) is 0 Å². The number of rotatable bonds is 4. The molecule has 2 rings (SSSR count). The zero-order valence-electron chi connectivity index (χ0n) is 13.0. The summed E-state index contributed by atoms with van der Waals surface area (Å²) in [6, 6.07) is 14.2. The van der Waals surface area contributed by atoms with E-state index in [0.717, 1.165) is 16.8 Å². The number of anilines is 2. The lowest BCUT2D eigenvalue weighted by Gasteiger charge is -2.09. The van der Waals surface area contributed by atoms with Crippen molar-refractivity contribution in [2.24, 2.45) is 0 Å². The van der Waals surface area contributed by atoms with Crippen LogP contribution in [0.2, 0.25) is 0 Å². The number of hydrogen-bond donors (Lipinski definition) is 2. The SMILES string of the molecule is Cc1cc(C)cc(NC(=O)c2cccc(NC(=O)CC#N)c2)c1. The molecule has 5 nitrogen and oxygen atoms in total. The molecule has 0 spiro atoms. The van der Waals surface area contributed by atoms with Crippen molar-refractivity contribution in [2.75, 3.05) is 10.6 Å². The number of carbonyl (C=O) groups is 2. The summed E-state index contributed by atoms with van der Waals surface area (Å²) in [4.78, 5) is 23.7. The van der Waals surface area contributed by atoms with Crippen LogP contribution in [0, 0.1) is 25.2 Å². The van der Waals surface area contributed by atoms with Gasteiger partial charge in [-0.3, -0.25) is 9.59 Å². The van der Waals surface area contributed by atoms with Gasteiger partial charge >= 0.3 is 0 Å². The van der Waals surface area contributed by atoms with E-state index in [4.69, 9.17) is 5.26 Å². The summed E-state index contributed by atoms with van der Waals surface area (Å²) >= 11 is 0. The second kappa shape index (κ2) is 7.23. The zero-order chi connectivity index (χ0) is 16.8. The largest absolute Gasteiger partial charge is 0.325 e. The first-order valence-electron chi connectivity index (χ1n) is 7.14. The Morgan fingerprint density at radius 3 is 2.35 bits per heavy atom. The fourth-order valence-electron chi connectivity index (χ4n) is 2.27. The highest BCUT2D eigenvalue weighted by molar-refractivity contribution is 6.05. The first kappa shape index (κ1) is 16.2. The van der Waals surface area contributed by atoms with Gasteiger partial charge in [-0.05, 0) is 55.3 Å². The summed E-state index contributed by atoms with van der Waals surface area (Å²) in [6.45, 7) is 3.93. The molecule has 0 unspecified atom stereocenters. The van der Waals surface area contributed by atoms with Gasteiger partial charge in [-0.2, -0.15) is 5.26 Å². The highest BCUT2D eigenvalue weighted by Crippen LogP contribution is 2.16. The third-order valence-corrected chi connectivity index (χ3v) is 3.13. The average molecular weight is 307 g/mol. The van der Waals surface area contributed by atoms with Gasteiger partial charge in [0.2, 0.25) is 5.91 Å². The van der Waals surface area contributed by atoms with Gasteiger partial charge in [0.05, 0.1) is 6.07 Å². The van der Waals surface area contributed by atoms with E-state index in [9.17, 15) is 9.59 Å². The minimum absolute atomic E-state index is 0.223. The summed E-state index contributed by atoms with van der Waals surface area (Å²) in [6.07, 6.45) is -0.223. The van der Waals surface area contributed by atoms with Gasteiger partial charge in [-0.25, -0.2) is 0 Å². The molecule has 0 bridgehead atoms. The predicted octanol–water partition coefficient (Wildman–Crippen LogP) is 3.41. The van der Waals surface area contributed by atoms with Crippen molar-refractivity contribution >= 4 is 23.2 Å². The van der Waals surface area contributed by atoms with Crippen LogP contribution in [-0.4, -0.2) is 11.8 Å². The minimum Gasteiger partial charge on any atom is -0.325 e. The second-order valence-electron chi connectivity index (χ2n) is 5.29. The number of amides is 2. The van der Waals surface area contributed by atoms with Crippen molar-refractivity contribution in [3.63, 3.8) is 0 Å². The van der Waals surface area contributed by atoms with Crippen molar-refractivity contribution in [1.82, 2.24) is 0 Å². The van der Waals surface area contributed by atoms with Crippen molar-refractivity contribution in [2.45, 2.75) is 20.3 Å². The predicted molar refractivity (Wildman–Crippen MR) is 89.2 cm³/mol. The maximum absolute atomic E-state index is 12.3. The number of benzene rings is 2. The Bertz CT molecular complexity index is 771. The first-order chi connectivity index (χ1) is 11.0. The Morgan fingerprint density at radius 1 is 1.00 bits per heavy atom.